The highest BCUT2D eigenvalue weighted by Gasteiger charge is 2.15. The number of halogens is 1. The fourth-order valence-corrected chi connectivity index (χ4v) is 3.41. The number of benzene rings is 1. The highest BCUT2D eigenvalue weighted by Crippen LogP contribution is 2.25. The molecule has 1 N–H and O–H groups in total. The van der Waals surface area contributed by atoms with E-state index in [0.29, 0.717) is 16.0 Å². The Hall–Kier alpha value is -2.12. The molecule has 0 atom stereocenters. The number of hydrogen-bond donors (Lipinski definition) is 1. The molecule has 0 saturated carbocycles. The number of esters is 1. The number of carbonyl (C=O) groups excluding carboxylic acids is 2. The Kier molecular flexibility index (Phi) is 4.49. The zero-order valence-electron chi connectivity index (χ0n) is 11.7. The lowest BCUT2D eigenvalue weighted by Gasteiger charge is -2.02. The molecule has 2 heterocycles. The highest BCUT2D eigenvalue weighted by atomic mass is 79.9. The van der Waals surface area contributed by atoms with E-state index in [1.54, 1.807) is 18.2 Å². The molecule has 0 aliphatic rings. The number of ketones is 1. The number of carbonyl (C=O) groups is 2. The molecule has 118 valence electrons. The van der Waals surface area contributed by atoms with Gasteiger partial charge < -0.3 is 14.3 Å². The van der Waals surface area contributed by atoms with Crippen LogP contribution in [0.2, 0.25) is 0 Å². The van der Waals surface area contributed by atoms with Crippen LogP contribution in [0.25, 0.3) is 11.0 Å². The van der Waals surface area contributed by atoms with E-state index >= 15 is 0 Å². The molecular weight excluding hydrogens is 384 g/mol. The SMILES string of the molecule is O=C(Cc1coc2cc(O)ccc12)OCC(=O)c1ccc(Br)s1. The fraction of sp³-hybridized carbons (Fsp3) is 0.125. The Labute approximate surface area is 143 Å². The normalized spacial score (nSPS) is 10.8. The van der Waals surface area contributed by atoms with Gasteiger partial charge in [-0.25, -0.2) is 0 Å². The summed E-state index contributed by atoms with van der Waals surface area (Å²) in [6.07, 6.45) is 1.45. The number of rotatable bonds is 5. The van der Waals surface area contributed by atoms with E-state index in [-0.39, 0.29) is 24.6 Å². The van der Waals surface area contributed by atoms with Gasteiger partial charge in [-0.15, -0.1) is 11.3 Å². The van der Waals surface area contributed by atoms with Crippen LogP contribution in [0.15, 0.2) is 44.8 Å². The lowest BCUT2D eigenvalue weighted by atomic mass is 10.1. The van der Waals surface area contributed by atoms with Crippen molar-refractivity contribution in [2.75, 3.05) is 6.61 Å². The van der Waals surface area contributed by atoms with Gasteiger partial charge in [0.15, 0.2) is 6.61 Å². The Balaban J connectivity index is 1.61. The minimum atomic E-state index is -0.509. The summed E-state index contributed by atoms with van der Waals surface area (Å²) in [7, 11) is 0. The number of furan rings is 1. The molecule has 5 nitrogen and oxygen atoms in total. The number of aromatic hydroxyl groups is 1. The zero-order chi connectivity index (χ0) is 16.4. The van der Waals surface area contributed by atoms with E-state index in [1.165, 1.54) is 29.7 Å². The molecule has 2 aromatic heterocycles. The molecule has 0 fully saturated rings. The average Bonchev–Trinajstić information content (AvgIpc) is 3.11. The Morgan fingerprint density at radius 1 is 1.26 bits per heavy atom. The predicted octanol–water partition coefficient (Wildman–Crippen LogP) is 3.93. The third kappa shape index (κ3) is 3.62. The molecule has 0 aliphatic heterocycles. The van der Waals surface area contributed by atoms with Crippen LogP contribution in [0.4, 0.5) is 0 Å². The highest BCUT2D eigenvalue weighted by molar-refractivity contribution is 9.11. The lowest BCUT2D eigenvalue weighted by Crippen LogP contribution is -2.14. The molecule has 0 spiro atoms. The van der Waals surface area contributed by atoms with Crippen molar-refractivity contribution in [3.05, 3.63) is 50.8 Å². The van der Waals surface area contributed by atoms with Crippen molar-refractivity contribution >= 4 is 50.0 Å². The number of phenolic OH excluding ortho intramolecular Hbond substituents is 1. The molecule has 3 rings (SSSR count). The van der Waals surface area contributed by atoms with Gasteiger partial charge in [0.05, 0.1) is 21.3 Å². The van der Waals surface area contributed by atoms with E-state index < -0.39 is 5.97 Å². The molecule has 1 aromatic carbocycles. The third-order valence-corrected chi connectivity index (χ3v) is 4.85. The molecule has 7 heteroatoms. The molecule has 0 saturated heterocycles. The van der Waals surface area contributed by atoms with E-state index in [9.17, 15) is 14.7 Å². The zero-order valence-corrected chi connectivity index (χ0v) is 14.1. The van der Waals surface area contributed by atoms with Crippen molar-refractivity contribution in [3.8, 4) is 5.75 Å². The first-order valence-electron chi connectivity index (χ1n) is 6.66. The number of hydrogen-bond acceptors (Lipinski definition) is 6. The second-order valence-electron chi connectivity index (χ2n) is 4.81. The Morgan fingerprint density at radius 2 is 2.09 bits per heavy atom. The van der Waals surface area contributed by atoms with Gasteiger partial charge in [0.25, 0.3) is 0 Å². The summed E-state index contributed by atoms with van der Waals surface area (Å²) >= 11 is 4.57. The lowest BCUT2D eigenvalue weighted by molar-refractivity contribution is -0.141. The van der Waals surface area contributed by atoms with Crippen molar-refractivity contribution in [2.24, 2.45) is 0 Å². The average molecular weight is 395 g/mol. The molecular formula is C16H11BrO5S. The maximum absolute atomic E-state index is 11.9. The minimum Gasteiger partial charge on any atom is -0.508 e. The topological polar surface area (TPSA) is 76.7 Å². The van der Waals surface area contributed by atoms with E-state index in [4.69, 9.17) is 9.15 Å². The number of ether oxygens (including phenoxy) is 1. The monoisotopic (exact) mass is 394 g/mol. The third-order valence-electron chi connectivity index (χ3n) is 3.19. The first kappa shape index (κ1) is 15.8. The number of fused-ring (bicyclic) bond motifs is 1. The predicted molar refractivity (Wildman–Crippen MR) is 88.9 cm³/mol. The standard InChI is InChI=1S/C16H11BrO5S/c17-15-4-3-14(23-15)12(19)8-22-16(20)5-9-7-21-13-6-10(18)1-2-11(9)13/h1-4,6-7,18H,5,8H2. The van der Waals surface area contributed by atoms with Crippen LogP contribution >= 0.6 is 27.3 Å². The van der Waals surface area contributed by atoms with Gasteiger partial charge in [0, 0.05) is 17.0 Å². The van der Waals surface area contributed by atoms with Gasteiger partial charge in [-0.1, -0.05) is 0 Å². The molecule has 0 radical (unpaired) electrons. The van der Waals surface area contributed by atoms with Gasteiger partial charge in [-0.2, -0.15) is 0 Å². The molecule has 3 aromatic rings. The summed E-state index contributed by atoms with van der Waals surface area (Å²) < 4.78 is 11.2. The molecule has 0 aliphatic carbocycles. The quantitative estimate of drug-likeness (QED) is 0.523. The Morgan fingerprint density at radius 3 is 2.83 bits per heavy atom. The van der Waals surface area contributed by atoms with Crippen molar-refractivity contribution in [1.82, 2.24) is 0 Å². The van der Waals surface area contributed by atoms with Gasteiger partial charge in [-0.3, -0.25) is 9.59 Å². The van der Waals surface area contributed by atoms with Crippen molar-refractivity contribution in [1.29, 1.82) is 0 Å². The fourth-order valence-electron chi connectivity index (χ4n) is 2.10. The van der Waals surface area contributed by atoms with Gasteiger partial charge in [-0.05, 0) is 40.2 Å². The maximum Gasteiger partial charge on any atom is 0.310 e. The van der Waals surface area contributed by atoms with E-state index in [0.717, 1.165) is 9.17 Å². The summed E-state index contributed by atoms with van der Waals surface area (Å²) in [6, 6.07) is 8.12. The van der Waals surface area contributed by atoms with Crippen LogP contribution in [0, 0.1) is 0 Å². The van der Waals surface area contributed by atoms with Crippen LogP contribution in [0.5, 0.6) is 5.75 Å². The summed E-state index contributed by atoms with van der Waals surface area (Å²) in [6.45, 7) is -0.289. The summed E-state index contributed by atoms with van der Waals surface area (Å²) in [5.41, 5.74) is 1.14. The van der Waals surface area contributed by atoms with Crippen LogP contribution in [0.3, 0.4) is 0 Å². The number of Topliss-reactive ketones (excluding diaryl/α,β-unsaturated/α-hetero) is 1. The van der Waals surface area contributed by atoms with Crippen LogP contribution in [0.1, 0.15) is 15.2 Å². The first-order valence-corrected chi connectivity index (χ1v) is 8.27. The maximum atomic E-state index is 11.9. The summed E-state index contributed by atoms with van der Waals surface area (Å²) in [5.74, 6) is -0.658. The van der Waals surface area contributed by atoms with Crippen LogP contribution < -0.4 is 0 Å². The van der Waals surface area contributed by atoms with E-state index in [1.807, 2.05) is 0 Å². The minimum absolute atomic E-state index is 0.000803. The van der Waals surface area contributed by atoms with Gasteiger partial charge in [0.2, 0.25) is 5.78 Å². The second-order valence-corrected chi connectivity index (χ2v) is 7.27. The molecule has 0 unspecified atom stereocenters. The second kappa shape index (κ2) is 6.55. The van der Waals surface area contributed by atoms with Gasteiger partial charge in [0.1, 0.15) is 11.3 Å². The number of phenols is 1. The van der Waals surface area contributed by atoms with Crippen molar-refractivity contribution < 1.29 is 23.8 Å². The van der Waals surface area contributed by atoms with E-state index in [2.05, 4.69) is 15.9 Å². The smallest absolute Gasteiger partial charge is 0.310 e. The largest absolute Gasteiger partial charge is 0.508 e. The molecule has 0 amide bonds. The summed E-state index contributed by atoms with van der Waals surface area (Å²) in [4.78, 5) is 24.3. The van der Waals surface area contributed by atoms with Crippen molar-refractivity contribution in [2.45, 2.75) is 6.42 Å². The molecule has 23 heavy (non-hydrogen) atoms. The van der Waals surface area contributed by atoms with Crippen LogP contribution in [-0.4, -0.2) is 23.5 Å². The van der Waals surface area contributed by atoms with Crippen molar-refractivity contribution in [3.63, 3.8) is 0 Å². The number of thiophene rings is 1. The molecule has 0 bridgehead atoms. The van der Waals surface area contributed by atoms with Crippen LogP contribution in [-0.2, 0) is 16.0 Å². The summed E-state index contributed by atoms with van der Waals surface area (Å²) in [5, 5.41) is 10.1. The van der Waals surface area contributed by atoms with Gasteiger partial charge >= 0.3 is 5.97 Å². The first-order chi connectivity index (χ1) is 11.0. The Bertz CT molecular complexity index is 880.